The number of carbonyl (C=O) groups is 1. The molecule has 0 radical (unpaired) electrons. The Kier molecular flexibility index (Phi) is 7.07. The van der Waals surface area contributed by atoms with E-state index in [-0.39, 0.29) is 23.3 Å². The van der Waals surface area contributed by atoms with Crippen LogP contribution in [0.2, 0.25) is 0 Å². The second-order valence-corrected chi connectivity index (χ2v) is 7.57. The topological polar surface area (TPSA) is 29.5 Å². The predicted octanol–water partition coefficient (Wildman–Crippen LogP) is 5.08. The van der Waals surface area contributed by atoms with Gasteiger partial charge in [0.15, 0.2) is 12.4 Å². The lowest BCUT2D eigenvalue weighted by molar-refractivity contribution is -0.118. The normalized spacial score (nSPS) is 16.6. The Balaban J connectivity index is 0.00000139. The summed E-state index contributed by atoms with van der Waals surface area (Å²) in [4.78, 5) is 14.9. The van der Waals surface area contributed by atoms with Crippen molar-refractivity contribution < 1.29 is 9.53 Å². The van der Waals surface area contributed by atoms with E-state index in [9.17, 15) is 4.79 Å². The standard InChI is InChI=1S/C19H27NO2.C2H6/c1-18(2,3)20-12-11-19(4,5)16(13-20)17(21)14-22-15-9-7-6-8-10-15;1-2/h6-10,13H,11-12,14H2,1-5H3;1-2H3. The summed E-state index contributed by atoms with van der Waals surface area (Å²) in [6.45, 7) is 15.9. The Hall–Kier alpha value is -1.77. The van der Waals surface area contributed by atoms with Crippen molar-refractivity contribution in [2.24, 2.45) is 5.41 Å². The molecule has 0 saturated carbocycles. The van der Waals surface area contributed by atoms with E-state index < -0.39 is 0 Å². The van der Waals surface area contributed by atoms with Crippen LogP contribution in [-0.4, -0.2) is 29.4 Å². The van der Waals surface area contributed by atoms with Gasteiger partial charge in [0.1, 0.15) is 5.75 Å². The van der Waals surface area contributed by atoms with Crippen LogP contribution in [0, 0.1) is 5.41 Å². The van der Waals surface area contributed by atoms with Gasteiger partial charge >= 0.3 is 0 Å². The highest BCUT2D eigenvalue weighted by Crippen LogP contribution is 2.37. The average molecular weight is 332 g/mol. The largest absolute Gasteiger partial charge is 0.485 e. The smallest absolute Gasteiger partial charge is 0.198 e. The number of rotatable bonds is 4. The van der Waals surface area contributed by atoms with Crippen molar-refractivity contribution in [1.29, 1.82) is 0 Å². The maximum absolute atomic E-state index is 12.6. The quantitative estimate of drug-likeness (QED) is 0.771. The Morgan fingerprint density at radius 2 is 1.75 bits per heavy atom. The highest BCUT2D eigenvalue weighted by atomic mass is 16.5. The third-order valence-electron chi connectivity index (χ3n) is 4.27. The van der Waals surface area contributed by atoms with Crippen LogP contribution in [0.15, 0.2) is 42.1 Å². The summed E-state index contributed by atoms with van der Waals surface area (Å²) >= 11 is 0. The number of Topliss-reactive ketones (excluding diaryl/α,β-unsaturated/α-hetero) is 1. The fourth-order valence-electron chi connectivity index (χ4n) is 2.65. The van der Waals surface area contributed by atoms with Gasteiger partial charge < -0.3 is 9.64 Å². The summed E-state index contributed by atoms with van der Waals surface area (Å²) in [6.07, 6.45) is 3.02. The minimum Gasteiger partial charge on any atom is -0.485 e. The number of benzene rings is 1. The van der Waals surface area contributed by atoms with Crippen molar-refractivity contribution in [3.05, 3.63) is 42.1 Å². The van der Waals surface area contributed by atoms with Gasteiger partial charge in [-0.25, -0.2) is 0 Å². The monoisotopic (exact) mass is 331 g/mol. The van der Waals surface area contributed by atoms with Gasteiger partial charge in [0.05, 0.1) is 0 Å². The van der Waals surface area contributed by atoms with E-state index in [1.165, 1.54) is 0 Å². The molecule has 1 heterocycles. The molecule has 0 aromatic heterocycles. The van der Waals surface area contributed by atoms with Crippen LogP contribution < -0.4 is 4.74 Å². The second kappa shape index (κ2) is 8.36. The summed E-state index contributed by atoms with van der Waals surface area (Å²) in [5.41, 5.74) is 0.797. The Morgan fingerprint density at radius 1 is 1.17 bits per heavy atom. The van der Waals surface area contributed by atoms with Gasteiger partial charge in [0.2, 0.25) is 0 Å². The summed E-state index contributed by atoms with van der Waals surface area (Å²) in [5.74, 6) is 0.806. The molecule has 134 valence electrons. The molecule has 0 spiro atoms. The molecule has 0 unspecified atom stereocenters. The lowest BCUT2D eigenvalue weighted by Gasteiger charge is -2.43. The zero-order valence-electron chi connectivity index (χ0n) is 16.3. The average Bonchev–Trinajstić information content (AvgIpc) is 2.54. The Bertz CT molecular complexity index is 553. The number of nitrogens with zero attached hydrogens (tertiary/aromatic N) is 1. The van der Waals surface area contributed by atoms with Gasteiger partial charge in [0, 0.05) is 23.9 Å². The molecule has 0 fully saturated rings. The van der Waals surface area contributed by atoms with Crippen molar-refractivity contribution in [3.8, 4) is 5.75 Å². The van der Waals surface area contributed by atoms with Crippen LogP contribution in [0.3, 0.4) is 0 Å². The van der Waals surface area contributed by atoms with Crippen LogP contribution >= 0.6 is 0 Å². The van der Waals surface area contributed by atoms with Crippen LogP contribution in [0.25, 0.3) is 0 Å². The minimum absolute atomic E-state index is 0.0301. The zero-order chi connectivity index (χ0) is 18.4. The summed E-state index contributed by atoms with van der Waals surface area (Å²) in [7, 11) is 0. The first-order valence-electron chi connectivity index (χ1n) is 8.90. The van der Waals surface area contributed by atoms with Gasteiger partial charge in [0.25, 0.3) is 0 Å². The molecule has 0 aliphatic carbocycles. The van der Waals surface area contributed by atoms with Crippen LogP contribution in [-0.2, 0) is 4.79 Å². The van der Waals surface area contributed by atoms with Gasteiger partial charge in [-0.15, -0.1) is 0 Å². The Labute approximate surface area is 147 Å². The highest BCUT2D eigenvalue weighted by Gasteiger charge is 2.35. The molecule has 3 heteroatoms. The summed E-state index contributed by atoms with van der Waals surface area (Å²) in [5, 5.41) is 0. The van der Waals surface area contributed by atoms with Crippen LogP contribution in [0.1, 0.15) is 54.9 Å². The van der Waals surface area contributed by atoms with Crippen molar-refractivity contribution in [1.82, 2.24) is 4.90 Å². The molecule has 0 bridgehead atoms. The number of carbonyl (C=O) groups excluding carboxylic acids is 1. The lowest BCUT2D eigenvalue weighted by Crippen LogP contribution is -2.44. The number of ketones is 1. The van der Waals surface area contributed by atoms with E-state index in [1.54, 1.807) is 0 Å². The van der Waals surface area contributed by atoms with Gasteiger partial charge in [-0.2, -0.15) is 0 Å². The van der Waals surface area contributed by atoms with Crippen LogP contribution in [0.5, 0.6) is 5.75 Å². The molecule has 0 amide bonds. The third-order valence-corrected chi connectivity index (χ3v) is 4.27. The van der Waals surface area contributed by atoms with Crippen molar-refractivity contribution in [3.63, 3.8) is 0 Å². The fraction of sp³-hybridized carbons (Fsp3) is 0.571. The first-order valence-corrected chi connectivity index (χ1v) is 8.90. The van der Waals surface area contributed by atoms with Crippen molar-refractivity contribution in [2.75, 3.05) is 13.2 Å². The number of hydrogen-bond donors (Lipinski definition) is 0. The van der Waals surface area contributed by atoms with E-state index in [4.69, 9.17) is 4.74 Å². The van der Waals surface area contributed by atoms with E-state index in [0.29, 0.717) is 0 Å². The maximum atomic E-state index is 12.6. The number of ether oxygens (including phenoxy) is 1. The third kappa shape index (κ3) is 5.40. The Morgan fingerprint density at radius 3 is 2.29 bits per heavy atom. The molecule has 0 N–H and O–H groups in total. The maximum Gasteiger partial charge on any atom is 0.198 e. The van der Waals surface area contributed by atoms with E-state index >= 15 is 0 Å². The first-order chi connectivity index (χ1) is 11.2. The first kappa shape index (κ1) is 20.3. The molecule has 2 rings (SSSR count). The number of hydrogen-bond acceptors (Lipinski definition) is 3. The molecule has 3 nitrogen and oxygen atoms in total. The molecule has 0 saturated heterocycles. The molecule has 1 aliphatic rings. The zero-order valence-corrected chi connectivity index (χ0v) is 16.3. The molecular formula is C21H33NO2. The molecule has 24 heavy (non-hydrogen) atoms. The molecule has 1 aliphatic heterocycles. The van der Waals surface area contributed by atoms with Gasteiger partial charge in [-0.1, -0.05) is 45.9 Å². The van der Waals surface area contributed by atoms with E-state index in [1.807, 2.05) is 50.4 Å². The second-order valence-electron chi connectivity index (χ2n) is 7.57. The molecular weight excluding hydrogens is 298 g/mol. The molecule has 1 aromatic rings. The summed E-state index contributed by atoms with van der Waals surface area (Å²) < 4.78 is 5.63. The SMILES string of the molecule is CC.CC1(C)CCN(C(C)(C)C)C=C1C(=O)COc1ccccc1. The summed E-state index contributed by atoms with van der Waals surface area (Å²) in [6, 6.07) is 9.49. The van der Waals surface area contributed by atoms with Crippen molar-refractivity contribution in [2.45, 2.75) is 60.4 Å². The van der Waals surface area contributed by atoms with Crippen molar-refractivity contribution >= 4 is 5.78 Å². The number of para-hydroxylation sites is 1. The lowest BCUT2D eigenvalue weighted by atomic mass is 9.76. The van der Waals surface area contributed by atoms with E-state index in [0.717, 1.165) is 24.3 Å². The minimum atomic E-state index is -0.0983. The van der Waals surface area contributed by atoms with Gasteiger partial charge in [-0.3, -0.25) is 4.79 Å². The highest BCUT2D eigenvalue weighted by molar-refractivity contribution is 5.97. The van der Waals surface area contributed by atoms with Crippen LogP contribution in [0.4, 0.5) is 0 Å². The van der Waals surface area contributed by atoms with E-state index in [2.05, 4.69) is 39.5 Å². The predicted molar refractivity (Wildman–Crippen MR) is 101 cm³/mol. The molecule has 0 atom stereocenters. The van der Waals surface area contributed by atoms with Gasteiger partial charge in [-0.05, 0) is 44.7 Å². The fourth-order valence-corrected chi connectivity index (χ4v) is 2.65. The molecule has 1 aromatic carbocycles.